The molecule has 0 saturated heterocycles. The average molecular weight is 458 g/mol. The van der Waals surface area contributed by atoms with Gasteiger partial charge in [0.05, 0.1) is 12.4 Å². The maximum Gasteiger partial charge on any atom is 1.00 e. The van der Waals surface area contributed by atoms with Crippen LogP contribution in [0.15, 0.2) is 109 Å². The second kappa shape index (κ2) is 12.3. The fraction of sp³-hybridized carbons (Fsp3) is 0.103. The molecule has 164 valence electrons. The number of amides is 1. The van der Waals surface area contributed by atoms with Gasteiger partial charge in [-0.2, -0.15) is 0 Å². The van der Waals surface area contributed by atoms with Gasteiger partial charge in [0, 0.05) is 13.1 Å². The topological polar surface area (TPSA) is 60.4 Å². The molecule has 0 atom stereocenters. The third-order valence-electron chi connectivity index (χ3n) is 5.55. The zero-order valence-corrected chi connectivity index (χ0v) is 21.2. The summed E-state index contributed by atoms with van der Waals surface area (Å²) in [7, 11) is 0. The maximum absolute atomic E-state index is 13.2. The summed E-state index contributed by atoms with van der Waals surface area (Å²) in [6.07, 6.45) is 0.358. The molecule has 0 aromatic heterocycles. The number of rotatable bonds is 8. The van der Waals surface area contributed by atoms with Crippen molar-refractivity contribution in [3.05, 3.63) is 131 Å². The Kier molecular flexibility index (Phi) is 9.23. The molecule has 0 saturated carbocycles. The first-order valence-corrected chi connectivity index (χ1v) is 10.8. The summed E-state index contributed by atoms with van der Waals surface area (Å²) < 4.78 is 0. The molecule has 0 radical (unpaired) electrons. The monoisotopic (exact) mass is 457 g/mol. The van der Waals surface area contributed by atoms with Gasteiger partial charge in [-0.25, -0.2) is 0 Å². The first kappa shape index (κ1) is 25.4. The Morgan fingerprint density at radius 2 is 1.03 bits per heavy atom. The largest absolute Gasteiger partial charge is 1.00 e. The van der Waals surface area contributed by atoms with E-state index in [-0.39, 0.29) is 41.0 Å². The van der Waals surface area contributed by atoms with E-state index >= 15 is 0 Å². The van der Waals surface area contributed by atoms with Crippen molar-refractivity contribution < 1.29 is 44.3 Å². The van der Waals surface area contributed by atoms with Crippen LogP contribution in [-0.4, -0.2) is 16.8 Å². The fourth-order valence-electron chi connectivity index (χ4n) is 3.74. The van der Waals surface area contributed by atoms with Gasteiger partial charge in [-0.1, -0.05) is 109 Å². The molecule has 0 bridgehead atoms. The predicted molar refractivity (Wildman–Crippen MR) is 127 cm³/mol. The molecule has 0 aliphatic carbocycles. The molecule has 4 aromatic rings. The summed E-state index contributed by atoms with van der Waals surface area (Å²) >= 11 is 0. The number of aromatic carboxylic acids is 1. The van der Waals surface area contributed by atoms with Gasteiger partial charge in [-0.05, 0) is 33.4 Å². The van der Waals surface area contributed by atoms with Crippen molar-refractivity contribution in [3.8, 4) is 11.1 Å². The third-order valence-corrected chi connectivity index (χ3v) is 5.55. The molecule has 4 aromatic carbocycles. The van der Waals surface area contributed by atoms with Crippen LogP contribution in [0.3, 0.4) is 0 Å². The second-order valence-electron chi connectivity index (χ2n) is 7.96. The van der Waals surface area contributed by atoms with Gasteiger partial charge in [0.25, 0.3) is 0 Å². The summed E-state index contributed by atoms with van der Waals surface area (Å²) in [6.45, 7) is 1.05. The number of carboxylic acid groups (broad SMARTS) is 1. The molecule has 0 aliphatic rings. The second-order valence-corrected chi connectivity index (χ2v) is 7.96. The van der Waals surface area contributed by atoms with Gasteiger partial charge < -0.3 is 14.8 Å². The number of hydrogen-bond acceptors (Lipinski definition) is 3. The third kappa shape index (κ3) is 6.91. The van der Waals surface area contributed by atoms with Crippen LogP contribution in [0.2, 0.25) is 0 Å². The molecule has 0 fully saturated rings. The SMILES string of the molecule is O=C([O-])c1ccc(-c2ccc(CN(Cc3ccccc3)C(=O)Cc3ccccc3)cc2)cc1.[Na+]. The number of carbonyl (C=O) groups is 2. The van der Waals surface area contributed by atoms with Gasteiger partial charge in [-0.15, -0.1) is 0 Å². The van der Waals surface area contributed by atoms with E-state index in [1.54, 1.807) is 24.3 Å². The van der Waals surface area contributed by atoms with E-state index in [2.05, 4.69) is 0 Å². The minimum atomic E-state index is -1.18. The van der Waals surface area contributed by atoms with Crippen molar-refractivity contribution in [3.63, 3.8) is 0 Å². The molecule has 1 amide bonds. The zero-order valence-electron chi connectivity index (χ0n) is 19.2. The van der Waals surface area contributed by atoms with Crippen molar-refractivity contribution in [1.82, 2.24) is 4.90 Å². The Morgan fingerprint density at radius 3 is 1.53 bits per heavy atom. The minimum Gasteiger partial charge on any atom is -0.545 e. The van der Waals surface area contributed by atoms with E-state index < -0.39 is 5.97 Å². The minimum absolute atomic E-state index is 0. The van der Waals surface area contributed by atoms with Crippen molar-refractivity contribution >= 4 is 11.9 Å². The fourth-order valence-corrected chi connectivity index (χ4v) is 3.74. The summed E-state index contributed by atoms with van der Waals surface area (Å²) in [5, 5.41) is 11.0. The molecule has 0 spiro atoms. The average Bonchev–Trinajstić information content (AvgIpc) is 2.85. The number of nitrogens with zero attached hydrogens (tertiary/aromatic N) is 1. The summed E-state index contributed by atoms with van der Waals surface area (Å²) in [4.78, 5) is 26.0. The Morgan fingerprint density at radius 1 is 0.588 bits per heavy atom. The van der Waals surface area contributed by atoms with E-state index in [4.69, 9.17) is 0 Å². The molecule has 0 unspecified atom stereocenters. The van der Waals surface area contributed by atoms with Gasteiger partial charge in [0.2, 0.25) is 5.91 Å². The molecule has 0 aliphatic heterocycles. The van der Waals surface area contributed by atoms with Crippen molar-refractivity contribution in [2.75, 3.05) is 0 Å². The van der Waals surface area contributed by atoms with Crippen LogP contribution in [0, 0.1) is 0 Å². The number of hydrogen-bond donors (Lipinski definition) is 0. The first-order valence-electron chi connectivity index (χ1n) is 10.8. The number of carboxylic acids is 1. The van der Waals surface area contributed by atoms with Crippen LogP contribution < -0.4 is 34.7 Å². The van der Waals surface area contributed by atoms with Crippen molar-refractivity contribution in [2.45, 2.75) is 19.5 Å². The van der Waals surface area contributed by atoms with E-state index in [0.29, 0.717) is 19.5 Å². The Hall–Kier alpha value is -3.18. The molecule has 4 rings (SSSR count). The van der Waals surface area contributed by atoms with Crippen LogP contribution >= 0.6 is 0 Å². The summed E-state index contributed by atoms with van der Waals surface area (Å²) in [6, 6.07) is 34.4. The van der Waals surface area contributed by atoms with E-state index in [0.717, 1.165) is 27.8 Å². The molecular weight excluding hydrogens is 433 g/mol. The van der Waals surface area contributed by atoms with Gasteiger partial charge in [0.1, 0.15) is 0 Å². The number of benzene rings is 4. The van der Waals surface area contributed by atoms with Crippen LogP contribution in [0.1, 0.15) is 27.0 Å². The van der Waals surface area contributed by atoms with E-state index in [9.17, 15) is 14.7 Å². The smallest absolute Gasteiger partial charge is 0.545 e. The van der Waals surface area contributed by atoms with E-state index in [1.807, 2.05) is 89.8 Å². The van der Waals surface area contributed by atoms with Crippen LogP contribution in [-0.2, 0) is 24.3 Å². The quantitative estimate of drug-likeness (QED) is 0.377. The summed E-state index contributed by atoms with van der Waals surface area (Å²) in [5.41, 5.74) is 5.17. The number of carbonyl (C=O) groups excluding carboxylic acids is 2. The molecule has 0 heterocycles. The van der Waals surface area contributed by atoms with Crippen LogP contribution in [0.25, 0.3) is 11.1 Å². The van der Waals surface area contributed by atoms with Crippen molar-refractivity contribution in [2.24, 2.45) is 0 Å². The van der Waals surface area contributed by atoms with Gasteiger partial charge in [-0.3, -0.25) is 4.79 Å². The first-order chi connectivity index (χ1) is 16.1. The van der Waals surface area contributed by atoms with Crippen LogP contribution in [0.4, 0.5) is 0 Å². The normalized spacial score (nSPS) is 10.2. The Labute approximate surface area is 222 Å². The molecular formula is C29H24NNaO3. The molecule has 5 heteroatoms. The predicted octanol–water partition coefficient (Wildman–Crippen LogP) is 1.49. The standard InChI is InChI=1S/C29H25NO3.Na/c31-28(19-22-7-3-1-4-8-22)30(20-23-9-5-2-6-10-23)21-24-11-13-25(14-12-24)26-15-17-27(18-16-26)29(32)33;/h1-18H,19-21H2,(H,32,33);/q;+1/p-1. The van der Waals surface area contributed by atoms with E-state index in [1.165, 1.54) is 0 Å². The Balaban J connectivity index is 0.00000324. The Bertz CT molecular complexity index is 1210. The van der Waals surface area contributed by atoms with Crippen molar-refractivity contribution in [1.29, 1.82) is 0 Å². The molecule has 0 N–H and O–H groups in total. The molecule has 4 nitrogen and oxygen atoms in total. The van der Waals surface area contributed by atoms with Gasteiger partial charge >= 0.3 is 29.6 Å². The van der Waals surface area contributed by atoms with Crippen LogP contribution in [0.5, 0.6) is 0 Å². The summed E-state index contributed by atoms with van der Waals surface area (Å²) in [5.74, 6) is -1.11. The molecule has 34 heavy (non-hydrogen) atoms. The maximum atomic E-state index is 13.2. The van der Waals surface area contributed by atoms with Gasteiger partial charge in [0.15, 0.2) is 0 Å². The zero-order chi connectivity index (χ0) is 23.0.